The second-order valence-corrected chi connectivity index (χ2v) is 11.6. The van der Waals surface area contributed by atoms with Crippen LogP contribution in [-0.2, 0) is 26.6 Å². The monoisotopic (exact) mass is 496 g/mol. The lowest BCUT2D eigenvalue weighted by molar-refractivity contribution is 0.181. The van der Waals surface area contributed by atoms with Crippen LogP contribution >= 0.6 is 0 Å². The smallest absolute Gasteiger partial charge is 0.243 e. The van der Waals surface area contributed by atoms with Crippen molar-refractivity contribution in [2.45, 2.75) is 16.3 Å². The molecule has 1 aliphatic heterocycles. The van der Waals surface area contributed by atoms with E-state index < -0.39 is 20.0 Å². The van der Waals surface area contributed by atoms with Gasteiger partial charge >= 0.3 is 0 Å². The summed E-state index contributed by atoms with van der Waals surface area (Å²) in [6.45, 7) is 2.53. The van der Waals surface area contributed by atoms with E-state index in [0.717, 1.165) is 16.7 Å². The number of hydrogen-bond donors (Lipinski definition) is 1. The molecule has 0 bridgehead atoms. The Labute approximate surface area is 200 Å². The highest BCUT2D eigenvalue weighted by Crippen LogP contribution is 2.24. The topological polar surface area (TPSA) is 125 Å². The minimum absolute atomic E-state index is 0.0431. The van der Waals surface area contributed by atoms with Gasteiger partial charge in [0.15, 0.2) is 0 Å². The standard InChI is InChI=1S/C24H24N4O4S2/c25-17-21-3-1-2-4-24(21)20-7-5-19(6-8-20)18-27-13-15-28(16-14-27)34(31,32)23-11-9-22(10-12-23)33(26,29)30/h1-12H,13-16,18H2,(H2,26,29,30). The van der Waals surface area contributed by atoms with Gasteiger partial charge in [0.05, 0.1) is 21.4 Å². The van der Waals surface area contributed by atoms with Gasteiger partial charge in [-0.3, -0.25) is 4.90 Å². The molecular formula is C24H24N4O4S2. The summed E-state index contributed by atoms with van der Waals surface area (Å²) in [4.78, 5) is 2.11. The van der Waals surface area contributed by atoms with E-state index in [0.29, 0.717) is 38.3 Å². The lowest BCUT2D eigenvalue weighted by atomic mass is 9.99. The summed E-state index contributed by atoms with van der Waals surface area (Å²) in [6.07, 6.45) is 0. The number of piperazine rings is 1. The maximum Gasteiger partial charge on any atom is 0.243 e. The molecule has 0 saturated carbocycles. The summed E-state index contributed by atoms with van der Waals surface area (Å²) in [5.74, 6) is 0. The van der Waals surface area contributed by atoms with Crippen LogP contribution in [0.25, 0.3) is 11.1 Å². The molecule has 0 amide bonds. The fourth-order valence-corrected chi connectivity index (χ4v) is 5.90. The van der Waals surface area contributed by atoms with Crippen molar-refractivity contribution in [1.29, 1.82) is 5.26 Å². The Kier molecular flexibility index (Phi) is 6.84. The molecule has 0 radical (unpaired) electrons. The maximum atomic E-state index is 12.9. The molecule has 4 rings (SSSR count). The van der Waals surface area contributed by atoms with E-state index in [1.165, 1.54) is 28.6 Å². The zero-order chi connectivity index (χ0) is 24.3. The van der Waals surface area contributed by atoms with Crippen LogP contribution in [-0.4, -0.2) is 52.2 Å². The quantitative estimate of drug-likeness (QED) is 0.559. The normalized spacial score (nSPS) is 15.6. The fraction of sp³-hybridized carbons (Fsp3) is 0.208. The number of hydrogen-bond acceptors (Lipinski definition) is 6. The minimum Gasteiger partial charge on any atom is -0.296 e. The van der Waals surface area contributed by atoms with Crippen molar-refractivity contribution in [2.24, 2.45) is 5.14 Å². The molecule has 0 unspecified atom stereocenters. The molecule has 0 aromatic heterocycles. The predicted octanol–water partition coefficient (Wildman–Crippen LogP) is 2.38. The van der Waals surface area contributed by atoms with Crippen molar-refractivity contribution in [3.05, 3.63) is 83.9 Å². The zero-order valence-corrected chi connectivity index (χ0v) is 20.0. The van der Waals surface area contributed by atoms with Gasteiger partial charge < -0.3 is 0 Å². The molecule has 3 aromatic carbocycles. The Hall–Kier alpha value is -3.07. The molecule has 10 heteroatoms. The van der Waals surface area contributed by atoms with Crippen LogP contribution in [0.4, 0.5) is 0 Å². The van der Waals surface area contributed by atoms with Gasteiger partial charge in [0.1, 0.15) is 0 Å². The molecule has 0 spiro atoms. The Morgan fingerprint density at radius 1 is 0.794 bits per heavy atom. The summed E-state index contributed by atoms with van der Waals surface area (Å²) in [6, 6.07) is 22.7. The molecule has 1 heterocycles. The van der Waals surface area contributed by atoms with Crippen molar-refractivity contribution in [3.63, 3.8) is 0 Å². The Bertz CT molecular complexity index is 1420. The number of primary sulfonamides is 1. The highest BCUT2D eigenvalue weighted by atomic mass is 32.2. The molecule has 176 valence electrons. The minimum atomic E-state index is -3.88. The molecule has 8 nitrogen and oxygen atoms in total. The van der Waals surface area contributed by atoms with Gasteiger partial charge in [-0.1, -0.05) is 42.5 Å². The maximum absolute atomic E-state index is 12.9. The number of nitrogens with two attached hydrogens (primary N) is 1. The summed E-state index contributed by atoms with van der Waals surface area (Å²) >= 11 is 0. The van der Waals surface area contributed by atoms with Crippen molar-refractivity contribution in [1.82, 2.24) is 9.21 Å². The third-order valence-electron chi connectivity index (χ3n) is 5.84. The van der Waals surface area contributed by atoms with Crippen molar-refractivity contribution < 1.29 is 16.8 Å². The molecule has 0 aliphatic carbocycles. The average molecular weight is 497 g/mol. The van der Waals surface area contributed by atoms with E-state index >= 15 is 0 Å². The van der Waals surface area contributed by atoms with Crippen molar-refractivity contribution >= 4 is 20.0 Å². The Morgan fingerprint density at radius 2 is 1.38 bits per heavy atom. The first-order chi connectivity index (χ1) is 16.2. The van der Waals surface area contributed by atoms with E-state index in [-0.39, 0.29) is 9.79 Å². The van der Waals surface area contributed by atoms with E-state index in [1.54, 1.807) is 6.07 Å². The molecule has 1 saturated heterocycles. The van der Waals surface area contributed by atoms with Crippen LogP contribution in [0.2, 0.25) is 0 Å². The van der Waals surface area contributed by atoms with Gasteiger partial charge in [-0.25, -0.2) is 22.0 Å². The van der Waals surface area contributed by atoms with Crippen LogP contribution in [0, 0.1) is 11.3 Å². The summed E-state index contributed by atoms with van der Waals surface area (Å²) in [7, 11) is -7.60. The third kappa shape index (κ3) is 5.19. The molecule has 3 aromatic rings. The number of sulfonamides is 2. The van der Waals surface area contributed by atoms with Gasteiger partial charge in [0.2, 0.25) is 20.0 Å². The molecule has 0 atom stereocenters. The van der Waals surface area contributed by atoms with Crippen LogP contribution < -0.4 is 5.14 Å². The lowest BCUT2D eigenvalue weighted by Gasteiger charge is -2.34. The molecule has 2 N–H and O–H groups in total. The first kappa shape index (κ1) is 24.1. The van der Waals surface area contributed by atoms with E-state index in [2.05, 4.69) is 11.0 Å². The highest BCUT2D eigenvalue weighted by molar-refractivity contribution is 7.89. The van der Waals surface area contributed by atoms with Crippen LogP contribution in [0.15, 0.2) is 82.6 Å². The van der Waals surface area contributed by atoms with E-state index in [4.69, 9.17) is 5.14 Å². The SMILES string of the molecule is N#Cc1ccccc1-c1ccc(CN2CCN(S(=O)(=O)c3ccc(S(N)(=O)=O)cc3)CC2)cc1. The van der Waals surface area contributed by atoms with Crippen molar-refractivity contribution in [3.8, 4) is 17.2 Å². The number of rotatable bonds is 6. The number of benzene rings is 3. The first-order valence-corrected chi connectivity index (χ1v) is 13.6. The van der Waals surface area contributed by atoms with Crippen LogP contribution in [0.5, 0.6) is 0 Å². The second-order valence-electron chi connectivity index (χ2n) is 8.05. The Morgan fingerprint density at radius 3 is 1.97 bits per heavy atom. The number of nitriles is 1. The van der Waals surface area contributed by atoms with Crippen LogP contribution in [0.1, 0.15) is 11.1 Å². The van der Waals surface area contributed by atoms with E-state index in [1.807, 2.05) is 42.5 Å². The highest BCUT2D eigenvalue weighted by Gasteiger charge is 2.28. The predicted molar refractivity (Wildman–Crippen MR) is 128 cm³/mol. The zero-order valence-electron chi connectivity index (χ0n) is 18.3. The largest absolute Gasteiger partial charge is 0.296 e. The van der Waals surface area contributed by atoms with E-state index in [9.17, 15) is 22.1 Å². The van der Waals surface area contributed by atoms with Gasteiger partial charge in [-0.15, -0.1) is 0 Å². The second kappa shape index (κ2) is 9.66. The van der Waals surface area contributed by atoms with Gasteiger partial charge in [-0.2, -0.15) is 9.57 Å². The summed E-state index contributed by atoms with van der Waals surface area (Å²) in [5.41, 5.74) is 3.61. The van der Waals surface area contributed by atoms with Crippen LogP contribution in [0.3, 0.4) is 0 Å². The molecule has 1 fully saturated rings. The fourth-order valence-electron chi connectivity index (χ4n) is 3.96. The molecular weight excluding hydrogens is 472 g/mol. The summed E-state index contributed by atoms with van der Waals surface area (Å²) < 4.78 is 50.1. The van der Waals surface area contributed by atoms with Gasteiger partial charge in [0, 0.05) is 32.7 Å². The summed E-state index contributed by atoms with van der Waals surface area (Å²) in [5, 5.41) is 14.4. The average Bonchev–Trinajstić information content (AvgIpc) is 2.84. The molecule has 1 aliphatic rings. The number of nitrogens with zero attached hydrogens (tertiary/aromatic N) is 3. The third-order valence-corrected chi connectivity index (χ3v) is 8.68. The van der Waals surface area contributed by atoms with Crippen molar-refractivity contribution in [2.75, 3.05) is 26.2 Å². The Balaban J connectivity index is 1.38. The first-order valence-electron chi connectivity index (χ1n) is 10.6. The lowest BCUT2D eigenvalue weighted by Crippen LogP contribution is -2.48. The molecule has 34 heavy (non-hydrogen) atoms. The van der Waals surface area contributed by atoms with Gasteiger partial charge in [0.25, 0.3) is 0 Å². The van der Waals surface area contributed by atoms with Gasteiger partial charge in [-0.05, 0) is 47.0 Å².